The van der Waals surface area contributed by atoms with E-state index in [4.69, 9.17) is 4.74 Å². The number of nitrogens with one attached hydrogen (secondary N) is 1. The van der Waals surface area contributed by atoms with Crippen molar-refractivity contribution in [3.8, 4) is 16.3 Å². The molecule has 2 N–H and O–H groups in total. The van der Waals surface area contributed by atoms with Gasteiger partial charge in [-0.2, -0.15) is 0 Å². The van der Waals surface area contributed by atoms with Crippen LogP contribution < -0.4 is 10.1 Å². The Bertz CT molecular complexity index is 1030. The number of aliphatic hydroxyl groups is 1. The summed E-state index contributed by atoms with van der Waals surface area (Å²) in [5.74, 6) is 0.676. The summed E-state index contributed by atoms with van der Waals surface area (Å²) in [5, 5.41) is 17.5. The molecule has 0 bridgehead atoms. The molecule has 4 rings (SSSR count). The van der Waals surface area contributed by atoms with E-state index in [2.05, 4.69) is 10.3 Å². The molecule has 0 radical (unpaired) electrons. The molecule has 1 saturated carbocycles. The van der Waals surface area contributed by atoms with E-state index in [0.29, 0.717) is 11.8 Å². The molecule has 2 aromatic carbocycles. The van der Waals surface area contributed by atoms with Crippen molar-refractivity contribution >= 4 is 11.3 Å². The standard InChI is InChI=1S/C26H31FN2O2S/c1-25(2,27)16-18-7-12-23(31-3)22(15-18)26(17-30,29-21-5-4-6-21)20-10-8-19(9-11-20)24-28-13-14-32-24/h7-15,21,29-30H,4-6,16-17H2,1-3H3. The molecule has 1 atom stereocenters. The molecule has 4 nitrogen and oxygen atoms in total. The lowest BCUT2D eigenvalue weighted by Crippen LogP contribution is -2.53. The highest BCUT2D eigenvalue weighted by Gasteiger charge is 2.40. The van der Waals surface area contributed by atoms with E-state index in [1.165, 1.54) is 6.42 Å². The molecular formula is C26H31FN2O2S. The van der Waals surface area contributed by atoms with Gasteiger partial charge in [0.25, 0.3) is 0 Å². The van der Waals surface area contributed by atoms with Crippen LogP contribution in [-0.4, -0.2) is 35.5 Å². The van der Waals surface area contributed by atoms with E-state index in [9.17, 15) is 9.50 Å². The molecule has 32 heavy (non-hydrogen) atoms. The molecule has 6 heteroatoms. The monoisotopic (exact) mass is 454 g/mol. The van der Waals surface area contributed by atoms with Crippen molar-refractivity contribution in [1.82, 2.24) is 10.3 Å². The van der Waals surface area contributed by atoms with Crippen LogP contribution in [0.4, 0.5) is 4.39 Å². The molecular weight excluding hydrogens is 423 g/mol. The van der Waals surface area contributed by atoms with Crippen LogP contribution >= 0.6 is 11.3 Å². The van der Waals surface area contributed by atoms with Gasteiger partial charge in [-0.25, -0.2) is 9.37 Å². The first-order valence-corrected chi connectivity index (χ1v) is 12.0. The smallest absolute Gasteiger partial charge is 0.124 e. The topological polar surface area (TPSA) is 54.4 Å². The second-order valence-corrected chi connectivity index (χ2v) is 10.1. The van der Waals surface area contributed by atoms with E-state index < -0.39 is 11.2 Å². The highest BCUT2D eigenvalue weighted by molar-refractivity contribution is 7.13. The number of aromatic nitrogens is 1. The maximum absolute atomic E-state index is 14.4. The lowest BCUT2D eigenvalue weighted by Gasteiger charge is -2.42. The normalized spacial score (nSPS) is 16.4. The van der Waals surface area contributed by atoms with Crippen molar-refractivity contribution in [3.63, 3.8) is 0 Å². The first kappa shape index (κ1) is 22.9. The minimum absolute atomic E-state index is 0.140. The second kappa shape index (κ2) is 9.30. The molecule has 1 fully saturated rings. The van der Waals surface area contributed by atoms with Gasteiger partial charge in [0.1, 0.15) is 16.4 Å². The summed E-state index contributed by atoms with van der Waals surface area (Å²) in [7, 11) is 1.63. The number of halogens is 1. The van der Waals surface area contributed by atoms with E-state index in [0.717, 1.165) is 40.1 Å². The van der Waals surface area contributed by atoms with E-state index in [1.54, 1.807) is 38.5 Å². The number of nitrogens with zero attached hydrogens (tertiary/aromatic N) is 1. The Morgan fingerprint density at radius 1 is 1.19 bits per heavy atom. The average molecular weight is 455 g/mol. The fourth-order valence-electron chi connectivity index (χ4n) is 4.39. The average Bonchev–Trinajstić information content (AvgIpc) is 3.28. The van der Waals surface area contributed by atoms with Crippen molar-refractivity contribution in [1.29, 1.82) is 0 Å². The lowest BCUT2D eigenvalue weighted by atomic mass is 9.78. The van der Waals surface area contributed by atoms with Crippen molar-refractivity contribution < 1.29 is 14.2 Å². The van der Waals surface area contributed by atoms with Crippen LogP contribution in [-0.2, 0) is 12.0 Å². The van der Waals surface area contributed by atoms with Gasteiger partial charge >= 0.3 is 0 Å². The van der Waals surface area contributed by atoms with E-state index >= 15 is 0 Å². The Morgan fingerprint density at radius 2 is 1.94 bits per heavy atom. The Kier molecular flexibility index (Phi) is 6.65. The first-order valence-electron chi connectivity index (χ1n) is 11.1. The zero-order chi connectivity index (χ0) is 22.8. The van der Waals surface area contributed by atoms with Crippen molar-refractivity contribution in [2.45, 2.75) is 56.8 Å². The van der Waals surface area contributed by atoms with Gasteiger partial charge in [0, 0.05) is 35.2 Å². The van der Waals surface area contributed by atoms with Crippen molar-refractivity contribution in [2.75, 3.05) is 13.7 Å². The predicted octanol–water partition coefficient (Wildman–Crippen LogP) is 5.49. The molecule has 0 amide bonds. The number of aliphatic hydroxyl groups excluding tert-OH is 1. The molecule has 1 unspecified atom stereocenters. The second-order valence-electron chi connectivity index (χ2n) is 9.18. The molecule has 1 aliphatic carbocycles. The molecule has 0 spiro atoms. The van der Waals surface area contributed by atoms with Gasteiger partial charge < -0.3 is 9.84 Å². The van der Waals surface area contributed by atoms with Gasteiger partial charge in [0.05, 0.1) is 19.3 Å². The minimum Gasteiger partial charge on any atom is -0.496 e. The highest BCUT2D eigenvalue weighted by atomic mass is 32.1. The summed E-state index contributed by atoms with van der Waals surface area (Å²) in [5.41, 5.74) is 1.51. The molecule has 0 saturated heterocycles. The number of thiazole rings is 1. The third-order valence-electron chi connectivity index (χ3n) is 6.20. The van der Waals surface area contributed by atoms with Crippen LogP contribution in [0.15, 0.2) is 54.0 Å². The van der Waals surface area contributed by atoms with Crippen LogP contribution in [0.1, 0.15) is 49.8 Å². The molecule has 3 aromatic rings. The van der Waals surface area contributed by atoms with Crippen LogP contribution in [0, 0.1) is 0 Å². The SMILES string of the molecule is COc1ccc(CC(C)(C)F)cc1C(CO)(NC1CCC1)c1ccc(-c2nccs2)cc1. The number of ether oxygens (including phenoxy) is 1. The Balaban J connectivity index is 1.82. The number of hydrogen-bond donors (Lipinski definition) is 2. The zero-order valence-electron chi connectivity index (χ0n) is 18.9. The summed E-state index contributed by atoms with van der Waals surface area (Å²) in [6.07, 6.45) is 5.40. The van der Waals surface area contributed by atoms with Gasteiger partial charge in [0.15, 0.2) is 0 Å². The van der Waals surface area contributed by atoms with E-state index in [-0.39, 0.29) is 13.0 Å². The Labute approximate surface area is 193 Å². The maximum Gasteiger partial charge on any atom is 0.124 e. The van der Waals surface area contributed by atoms with Gasteiger partial charge in [-0.3, -0.25) is 5.32 Å². The summed E-state index contributed by atoms with van der Waals surface area (Å²) in [6, 6.07) is 14.3. The quantitative estimate of drug-likeness (QED) is 0.449. The zero-order valence-corrected chi connectivity index (χ0v) is 19.7. The fourth-order valence-corrected chi connectivity index (χ4v) is 5.03. The lowest BCUT2D eigenvalue weighted by molar-refractivity contribution is 0.153. The van der Waals surface area contributed by atoms with Crippen LogP contribution in [0.5, 0.6) is 5.75 Å². The van der Waals surface area contributed by atoms with Crippen LogP contribution in [0.2, 0.25) is 0 Å². The molecule has 1 aliphatic rings. The summed E-state index contributed by atoms with van der Waals surface area (Å²) < 4.78 is 20.2. The minimum atomic E-state index is -1.33. The maximum atomic E-state index is 14.4. The molecule has 1 heterocycles. The predicted molar refractivity (Wildman–Crippen MR) is 128 cm³/mol. The molecule has 1 aromatic heterocycles. The first-order chi connectivity index (χ1) is 15.3. The van der Waals surface area contributed by atoms with Crippen molar-refractivity contribution in [2.24, 2.45) is 0 Å². The summed E-state index contributed by atoms with van der Waals surface area (Å²) in [6.45, 7) is 3.03. The number of benzene rings is 2. The van der Waals surface area contributed by atoms with Crippen LogP contribution in [0.3, 0.4) is 0 Å². The summed E-state index contributed by atoms with van der Waals surface area (Å²) >= 11 is 1.60. The molecule has 0 aliphatic heterocycles. The highest BCUT2D eigenvalue weighted by Crippen LogP contribution is 2.40. The van der Waals surface area contributed by atoms with Crippen molar-refractivity contribution in [3.05, 3.63) is 70.7 Å². The third-order valence-corrected chi connectivity index (χ3v) is 7.02. The Morgan fingerprint density at radius 3 is 2.47 bits per heavy atom. The van der Waals surface area contributed by atoms with Gasteiger partial charge in [-0.05, 0) is 49.9 Å². The number of rotatable bonds is 9. The van der Waals surface area contributed by atoms with Gasteiger partial charge in [-0.15, -0.1) is 11.3 Å². The number of hydrogen-bond acceptors (Lipinski definition) is 5. The largest absolute Gasteiger partial charge is 0.496 e. The van der Waals surface area contributed by atoms with Gasteiger partial charge in [0.2, 0.25) is 0 Å². The number of methoxy groups -OCH3 is 1. The summed E-state index contributed by atoms with van der Waals surface area (Å²) in [4.78, 5) is 4.40. The van der Waals surface area contributed by atoms with Crippen LogP contribution in [0.25, 0.3) is 10.6 Å². The molecule has 170 valence electrons. The number of alkyl halides is 1. The van der Waals surface area contributed by atoms with Gasteiger partial charge in [-0.1, -0.05) is 36.8 Å². The fraction of sp³-hybridized carbons (Fsp3) is 0.423. The third kappa shape index (κ3) is 4.72. The van der Waals surface area contributed by atoms with E-state index in [1.807, 2.05) is 47.8 Å². The Hall–Kier alpha value is -2.28.